The number of halogens is 7. The molecule has 0 amide bonds. The first-order valence-corrected chi connectivity index (χ1v) is 52.6. The highest BCUT2D eigenvalue weighted by molar-refractivity contribution is 4.95. The summed E-state index contributed by atoms with van der Waals surface area (Å²) in [5, 5.41) is 26.4. The Morgan fingerprint density at radius 2 is 0.692 bits per heavy atom. The normalized spacial score (nSPS) is 29.4. The van der Waals surface area contributed by atoms with Gasteiger partial charge in [-0.3, -0.25) is 19.6 Å². The zero-order valence-electron chi connectivity index (χ0n) is 84.1. The molecule has 1 N–H and O–H groups in total. The SMILES string of the molecule is CCN1CCC[C@H]1C1CCN(C)CC1.CN1CCC(C2CCCN2)CC1.CN1CCC(C2CCCN2C)CC1.CN1CCC([C@@H]2CCCN2CC(F)(F)F)CC1.CN1CCC([C@@H]2CCCN2CCC(F)(F)F)CC1.CN1CCC([C@@H]2CCCN2CCF)CC1.CN1CCC(n2cnnn2)CC1.COCCN1CCC[C@H]1C1CCN(C)CC1.Cc1nnnn1C1CCN(C)CC1. The molecule has 16 saturated heterocycles. The van der Waals surface area contributed by atoms with E-state index in [9.17, 15) is 30.7 Å². The summed E-state index contributed by atoms with van der Waals surface area (Å²) in [5.74, 6) is 6.73. The van der Waals surface area contributed by atoms with E-state index in [-0.39, 0.29) is 19.3 Å². The minimum atomic E-state index is -4.05. The van der Waals surface area contributed by atoms with Gasteiger partial charge in [0.2, 0.25) is 0 Å². The fourth-order valence-electron chi connectivity index (χ4n) is 25.1. The molecule has 32 heteroatoms. The molecular weight excluding hydrogens is 1660 g/mol. The Labute approximate surface area is 784 Å². The van der Waals surface area contributed by atoms with Gasteiger partial charge in [0.1, 0.15) is 18.8 Å². The minimum Gasteiger partial charge on any atom is -0.383 e. The number of methoxy groups -OCH3 is 1. The van der Waals surface area contributed by atoms with E-state index in [0.29, 0.717) is 49.1 Å². The Balaban J connectivity index is 0.000000152. The van der Waals surface area contributed by atoms with Crippen LogP contribution in [0.3, 0.4) is 0 Å². The maximum atomic E-state index is 12.5. The number of hydrogen-bond donors (Lipinski definition) is 1. The Bertz CT molecular complexity index is 3190. The van der Waals surface area contributed by atoms with Gasteiger partial charge < -0.3 is 64.0 Å². The van der Waals surface area contributed by atoms with Crippen LogP contribution in [0.2, 0.25) is 0 Å². The van der Waals surface area contributed by atoms with Crippen molar-refractivity contribution in [3.05, 3.63) is 12.2 Å². The number of hydrogen-bond acceptors (Lipinski definition) is 23. The lowest BCUT2D eigenvalue weighted by molar-refractivity contribution is -0.150. The number of aromatic nitrogens is 8. The third-order valence-electron chi connectivity index (χ3n) is 33.5. The van der Waals surface area contributed by atoms with E-state index >= 15 is 0 Å². The largest absolute Gasteiger partial charge is 0.401 e. The highest BCUT2D eigenvalue weighted by Crippen LogP contribution is 2.39. The Hall–Kier alpha value is -3.03. The predicted molar refractivity (Wildman–Crippen MR) is 513 cm³/mol. The molecule has 2 aromatic rings. The van der Waals surface area contributed by atoms with E-state index < -0.39 is 25.3 Å². The van der Waals surface area contributed by atoms with Gasteiger partial charge in [-0.05, 0) is 515 Å². The van der Waals surface area contributed by atoms with Crippen LogP contribution in [0.1, 0.15) is 237 Å². The van der Waals surface area contributed by atoms with Crippen molar-refractivity contribution in [3.63, 3.8) is 0 Å². The van der Waals surface area contributed by atoms with Crippen LogP contribution < -0.4 is 5.32 Å². The molecule has 25 nitrogen and oxygen atoms in total. The first kappa shape index (κ1) is 109. The quantitative estimate of drug-likeness (QED) is 0.140. The average molecular weight is 1850 g/mol. The van der Waals surface area contributed by atoms with Gasteiger partial charge in [0.15, 0.2) is 0 Å². The van der Waals surface area contributed by atoms with Gasteiger partial charge in [0, 0.05) is 69.0 Å². The maximum absolute atomic E-state index is 12.5. The molecule has 2 unspecified atom stereocenters. The van der Waals surface area contributed by atoms with E-state index in [1.165, 1.54) is 227 Å². The number of nitrogens with one attached hydrogen (secondary N) is 1. The second-order valence-electron chi connectivity index (χ2n) is 42.8. The number of alkyl halides is 7. The lowest BCUT2D eigenvalue weighted by atomic mass is 9.88. The fourth-order valence-corrected chi connectivity index (χ4v) is 25.1. The van der Waals surface area contributed by atoms with Crippen molar-refractivity contribution in [2.24, 2.45) is 41.4 Å². The molecule has 18 rings (SSSR count). The summed E-state index contributed by atoms with van der Waals surface area (Å²) in [4.78, 5) is 35.6. The average Bonchev–Trinajstić information content (AvgIpc) is 1.71. The predicted octanol–water partition coefficient (Wildman–Crippen LogP) is 12.8. The van der Waals surface area contributed by atoms with E-state index in [4.69, 9.17) is 4.74 Å². The van der Waals surface area contributed by atoms with Gasteiger partial charge in [0.05, 0.1) is 31.7 Å². The standard InChI is InChI=1S/C13H23F3N2.C13H26N2O.C12H21F3N2.C12H23FN2.C12H24N2.C11H22N2.C10H20N2.C8H15N5.C7H13N5/c1-17-8-4-11(5-9-17)12-3-2-7-18(12)10-6-13(14,15)16;1-14-8-5-12(6-9-14)13-4-3-7-15(13)10-11-16-2;1-16-7-4-10(5-8-16)11-3-2-6-17(11)9-12(13,14)15;1-14-8-4-11(5-9-14)12-3-2-7-15(12)10-6-13;1-3-14-8-4-5-12(14)11-6-9-13(2)10-7-11;1-12-8-5-10(6-9-12)11-4-3-7-13(11)2;1-12-7-4-9(5-8-12)10-3-2-6-11-10;1-7-9-10-11-13(7)8-3-5-12(2)6-4-8;1-11-4-2-7(3-5-11)12-6-8-9-10-12/h11-12H,2-10H2,1H3;12-13H,3-11H2,1-2H3;10-11H,2-9H2,1H3;11-12H,2-10H2,1H3;11-12H,3-10H2,1-2H3;10-11H,3-9H2,1-2H3;9-11H,2-8H2,1H3;8H,3-6H2,1-2H3;6-7H,2-5H2,1H3/t12-;13-;11-;2*12-;;;;/m00000..../s1. The molecule has 754 valence electrons. The van der Waals surface area contributed by atoms with Crippen LogP contribution in [0, 0.1) is 48.3 Å². The molecule has 18 heterocycles. The highest BCUT2D eigenvalue weighted by Gasteiger charge is 2.43. The van der Waals surface area contributed by atoms with Crippen LogP contribution in [-0.2, 0) is 4.74 Å². The fraction of sp³-hybridized carbons (Fsp3) is 0.980. The summed E-state index contributed by atoms with van der Waals surface area (Å²) in [6, 6.07) is 5.83. The molecule has 16 fully saturated rings. The molecule has 130 heavy (non-hydrogen) atoms. The van der Waals surface area contributed by atoms with Gasteiger partial charge in [-0.25, -0.2) is 13.8 Å². The smallest absolute Gasteiger partial charge is 0.383 e. The third kappa shape index (κ3) is 37.3. The molecule has 0 radical (unpaired) electrons. The molecule has 2 aromatic heterocycles. The maximum Gasteiger partial charge on any atom is 0.401 e. The van der Waals surface area contributed by atoms with Gasteiger partial charge >= 0.3 is 12.4 Å². The Morgan fingerprint density at radius 3 is 1.02 bits per heavy atom. The van der Waals surface area contributed by atoms with Crippen LogP contribution in [0.15, 0.2) is 6.33 Å². The number of piperidine rings is 9. The van der Waals surface area contributed by atoms with Crippen molar-refractivity contribution in [3.8, 4) is 0 Å². The number of likely N-dealkylation sites (tertiary alicyclic amines) is 15. The van der Waals surface area contributed by atoms with Gasteiger partial charge in [-0.15, -0.1) is 10.2 Å². The summed E-state index contributed by atoms with van der Waals surface area (Å²) >= 11 is 0. The molecular formula is C98H187F7N24O. The Kier molecular flexibility index (Phi) is 48.2. The number of tetrazole rings is 2. The topological polar surface area (TPSA) is 157 Å². The first-order chi connectivity index (χ1) is 62.6. The number of nitrogens with zero attached hydrogens (tertiary/aromatic N) is 23. The summed E-state index contributed by atoms with van der Waals surface area (Å²) in [6.45, 7) is 37.1. The van der Waals surface area contributed by atoms with Crippen LogP contribution in [0.5, 0.6) is 0 Å². The zero-order chi connectivity index (χ0) is 93.0. The van der Waals surface area contributed by atoms with Crippen molar-refractivity contribution in [2.45, 2.75) is 292 Å². The summed E-state index contributed by atoms with van der Waals surface area (Å²) in [6.07, 6.45) is 33.9. The van der Waals surface area contributed by atoms with E-state index in [1.807, 2.05) is 16.3 Å². The first-order valence-electron chi connectivity index (χ1n) is 52.6. The number of rotatable bonds is 18. The molecule has 0 saturated carbocycles. The third-order valence-corrected chi connectivity index (χ3v) is 33.5. The van der Waals surface area contributed by atoms with E-state index in [2.05, 4.69) is 182 Å². The molecule has 0 aromatic carbocycles. The van der Waals surface area contributed by atoms with Crippen molar-refractivity contribution in [1.29, 1.82) is 0 Å². The number of aryl methyl sites for hydroxylation is 1. The molecule has 7 atom stereocenters. The lowest BCUT2D eigenvalue weighted by Crippen LogP contribution is -2.44. The Morgan fingerprint density at radius 1 is 0.354 bits per heavy atom. The van der Waals surface area contributed by atoms with Crippen molar-refractivity contribution in [2.75, 3.05) is 287 Å². The molecule has 0 spiro atoms. The van der Waals surface area contributed by atoms with Crippen LogP contribution in [0.25, 0.3) is 0 Å². The van der Waals surface area contributed by atoms with Gasteiger partial charge in [0.25, 0.3) is 0 Å². The van der Waals surface area contributed by atoms with Crippen molar-refractivity contribution in [1.82, 2.24) is 119 Å². The van der Waals surface area contributed by atoms with Crippen molar-refractivity contribution < 1.29 is 35.5 Å². The second-order valence-corrected chi connectivity index (χ2v) is 42.8. The second kappa shape index (κ2) is 57.5. The van der Waals surface area contributed by atoms with Crippen LogP contribution >= 0.6 is 0 Å². The molecule has 16 aliphatic rings. The van der Waals surface area contributed by atoms with Crippen LogP contribution in [-0.4, -0.2) is 456 Å². The highest BCUT2D eigenvalue weighted by atomic mass is 19.4. The summed E-state index contributed by atoms with van der Waals surface area (Å²) in [7, 11) is 23.8. The number of ether oxygens (including phenoxy) is 1. The van der Waals surface area contributed by atoms with Crippen LogP contribution in [0.4, 0.5) is 30.7 Å². The lowest BCUT2D eigenvalue weighted by Gasteiger charge is -2.37. The summed E-state index contributed by atoms with van der Waals surface area (Å²) < 4.78 is 95.7. The minimum absolute atomic E-state index is 0.172. The van der Waals surface area contributed by atoms with Gasteiger partial charge in [-0.1, -0.05) is 6.92 Å². The van der Waals surface area contributed by atoms with E-state index in [1.54, 1.807) is 18.3 Å². The van der Waals surface area contributed by atoms with Crippen molar-refractivity contribution >= 4 is 0 Å². The monoisotopic (exact) mass is 1850 g/mol. The molecule has 16 aliphatic heterocycles. The molecule has 0 aliphatic carbocycles. The van der Waals surface area contributed by atoms with E-state index in [0.717, 1.165) is 215 Å². The van der Waals surface area contributed by atoms with Gasteiger partial charge in [-0.2, -0.15) is 26.3 Å². The zero-order valence-corrected chi connectivity index (χ0v) is 84.1. The molecule has 0 bridgehead atoms. The summed E-state index contributed by atoms with van der Waals surface area (Å²) in [5.41, 5.74) is 0.